The molecule has 4 aromatic heterocycles. The fraction of sp³-hybridized carbons (Fsp3) is 0.111. The Balaban J connectivity index is 0.983. The van der Waals surface area contributed by atoms with Gasteiger partial charge in [-0.25, -0.2) is 0 Å². The van der Waals surface area contributed by atoms with Gasteiger partial charge >= 0.3 is 0 Å². The Labute approximate surface area is 430 Å². The number of aryl methyl sites for hydroxylation is 2. The molecule has 4 nitrogen and oxygen atoms in total. The predicted molar refractivity (Wildman–Crippen MR) is 309 cm³/mol. The van der Waals surface area contributed by atoms with Gasteiger partial charge in [0.15, 0.2) is 0 Å². The number of hydrogen-bond acceptors (Lipinski definition) is 6. The first-order chi connectivity index (χ1) is 35.0. The third-order valence-electron chi connectivity index (χ3n) is 15.3. The van der Waals surface area contributed by atoms with E-state index in [1.54, 1.807) is 23.5 Å². The molecule has 0 aliphatic heterocycles. The number of anilines is 6. The summed E-state index contributed by atoms with van der Waals surface area (Å²) in [6, 6.07) is 69.3. The maximum Gasteiger partial charge on any atom is 0.0743 e. The summed E-state index contributed by atoms with van der Waals surface area (Å²) in [5.74, 6) is 0. The number of hydrogen-bond donors (Lipinski definition) is 0. The van der Waals surface area contributed by atoms with E-state index in [1.165, 1.54) is 96.5 Å². The summed E-state index contributed by atoms with van der Waals surface area (Å²) in [7, 11) is 0. The molecule has 0 radical (unpaired) electrons. The first-order valence-electron chi connectivity index (χ1n) is 24.4. The monoisotopic (exact) mass is 988 g/mol. The molecule has 71 heavy (non-hydrogen) atoms. The quantitative estimate of drug-likeness (QED) is 0.127. The maximum absolute atomic E-state index is 2.52. The average molecular weight is 989 g/mol. The van der Waals surface area contributed by atoms with E-state index in [0.29, 0.717) is 0 Å². The van der Waals surface area contributed by atoms with Crippen LogP contribution in [0.1, 0.15) is 36.1 Å². The molecule has 1 spiro atoms. The largest absolute Gasteiger partial charge is 0.341 e. The molecule has 0 saturated heterocycles. The molecule has 8 aromatic carbocycles. The minimum Gasteiger partial charge on any atom is -0.341 e. The van der Waals surface area contributed by atoms with Crippen LogP contribution in [-0.2, 0) is 18.5 Å². The lowest BCUT2D eigenvalue weighted by Gasteiger charge is -2.32. The van der Waals surface area contributed by atoms with Gasteiger partial charge in [0.1, 0.15) is 0 Å². The second-order valence-corrected chi connectivity index (χ2v) is 22.1. The summed E-state index contributed by atoms with van der Waals surface area (Å²) in [5, 5.41) is 9.76. The zero-order valence-electron chi connectivity index (χ0n) is 39.8. The molecule has 12 aromatic rings. The van der Waals surface area contributed by atoms with Crippen molar-refractivity contribution >= 4 is 124 Å². The fourth-order valence-electron chi connectivity index (χ4n) is 12.3. The first-order valence-corrected chi connectivity index (χ1v) is 28.6. The Hall–Kier alpha value is -6.94. The van der Waals surface area contributed by atoms with E-state index in [4.69, 9.17) is 0 Å². The third kappa shape index (κ3) is 6.18. The normalized spacial score (nSPS) is 13.1. The average Bonchev–Trinajstić information content (AvgIpc) is 4.29. The van der Waals surface area contributed by atoms with Crippen LogP contribution >= 0.6 is 46.2 Å². The molecular weight excluding hydrogens is 941 g/mol. The third-order valence-corrected chi connectivity index (χ3v) is 18.7. The number of rotatable bonds is 10. The topological polar surface area (TPSA) is 16.3 Å². The van der Waals surface area contributed by atoms with Crippen LogP contribution in [0.15, 0.2) is 203 Å². The Morgan fingerprint density at radius 2 is 0.775 bits per heavy atom. The summed E-state index contributed by atoms with van der Waals surface area (Å²) < 4.78 is 4.91. The first kappa shape index (κ1) is 42.9. The van der Waals surface area contributed by atoms with Crippen molar-refractivity contribution in [2.24, 2.45) is 0 Å². The van der Waals surface area contributed by atoms with Crippen molar-refractivity contribution in [3.05, 3.63) is 215 Å². The number of fused-ring (bicyclic) bond motifs is 16. The summed E-state index contributed by atoms with van der Waals surface area (Å²) in [5.41, 5.74) is 19.4. The van der Waals surface area contributed by atoms with Gasteiger partial charge in [-0.15, -0.1) is 46.2 Å². The van der Waals surface area contributed by atoms with Crippen molar-refractivity contribution in [1.29, 1.82) is 0 Å². The highest BCUT2D eigenvalue weighted by Crippen LogP contribution is 2.66. The van der Waals surface area contributed by atoms with E-state index in [9.17, 15) is 0 Å². The zero-order chi connectivity index (χ0) is 47.5. The Kier molecular flexibility index (Phi) is 10.0. The molecule has 2 aliphatic rings. The second-order valence-electron chi connectivity index (χ2n) is 18.5. The molecule has 0 bridgehead atoms. The van der Waals surface area contributed by atoms with Gasteiger partial charge in [0, 0.05) is 110 Å². The van der Waals surface area contributed by atoms with Crippen molar-refractivity contribution < 1.29 is 0 Å². The van der Waals surface area contributed by atoms with Gasteiger partial charge in [0.2, 0.25) is 0 Å². The zero-order valence-corrected chi connectivity index (χ0v) is 43.1. The van der Waals surface area contributed by atoms with Gasteiger partial charge in [-0.3, -0.25) is 0 Å². The van der Waals surface area contributed by atoms with E-state index in [0.717, 1.165) is 47.2 Å². The van der Waals surface area contributed by atoms with Crippen molar-refractivity contribution in [3.8, 4) is 20.9 Å². The summed E-state index contributed by atoms with van der Waals surface area (Å²) >= 11 is 7.36. The van der Waals surface area contributed by atoms with Crippen LogP contribution in [0.4, 0.5) is 34.1 Å². The molecule has 0 fully saturated rings. The number of aromatic nitrogens is 2. The number of benzene rings is 8. The smallest absolute Gasteiger partial charge is 0.0743 e. The lowest BCUT2D eigenvalue weighted by molar-refractivity contribution is 0.798. The van der Waals surface area contributed by atoms with Gasteiger partial charge < -0.3 is 18.9 Å². The standard InChI is InChI=1S/C63H48N4S4/c1-5-64-57-25-19-41(33-49(57)51-37-45(68-3)21-27-59(51)64)66(39-13-9-7-10-14-39)43-17-23-47-48-24-18-44(36-56(48)63(55(47)35-43)53-29-31-70-61(53)62-54(63)30-32-71-62)67(40-15-11-8-12-16-40)42-20-26-58-50(34-42)52-38-46(69-4)22-28-60(52)65(58)6-2/h7-38H,5-6H2,1-4H3. The lowest BCUT2D eigenvalue weighted by atomic mass is 9.71. The molecule has 8 heteroatoms. The highest BCUT2D eigenvalue weighted by Gasteiger charge is 2.53. The second kappa shape index (κ2) is 16.6. The summed E-state index contributed by atoms with van der Waals surface area (Å²) in [4.78, 5) is 10.3. The van der Waals surface area contributed by atoms with Crippen molar-refractivity contribution in [2.45, 2.75) is 42.1 Å². The lowest BCUT2D eigenvalue weighted by Crippen LogP contribution is -2.26. The molecule has 344 valence electrons. The van der Waals surface area contributed by atoms with E-state index < -0.39 is 5.41 Å². The minimum absolute atomic E-state index is 0.508. The summed E-state index contributed by atoms with van der Waals surface area (Å²) in [6.45, 7) is 6.32. The van der Waals surface area contributed by atoms with Crippen molar-refractivity contribution in [3.63, 3.8) is 0 Å². The van der Waals surface area contributed by atoms with Gasteiger partial charge in [-0.05, 0) is 204 Å². The van der Waals surface area contributed by atoms with Crippen LogP contribution in [0.25, 0.3) is 64.5 Å². The number of thiophene rings is 2. The van der Waals surface area contributed by atoms with Crippen LogP contribution in [0.3, 0.4) is 0 Å². The van der Waals surface area contributed by atoms with Gasteiger partial charge in [0.25, 0.3) is 0 Å². The predicted octanol–water partition coefficient (Wildman–Crippen LogP) is 18.8. The molecule has 2 aliphatic carbocycles. The number of para-hydroxylation sites is 2. The van der Waals surface area contributed by atoms with Gasteiger partial charge in [-0.1, -0.05) is 48.5 Å². The molecule has 0 N–H and O–H groups in total. The summed E-state index contributed by atoms with van der Waals surface area (Å²) in [6.07, 6.45) is 4.33. The molecule has 0 saturated carbocycles. The highest BCUT2D eigenvalue weighted by atomic mass is 32.2. The molecule has 0 unspecified atom stereocenters. The van der Waals surface area contributed by atoms with E-state index in [2.05, 4.69) is 238 Å². The molecule has 4 heterocycles. The van der Waals surface area contributed by atoms with Crippen LogP contribution < -0.4 is 9.80 Å². The minimum atomic E-state index is -0.508. The van der Waals surface area contributed by atoms with Gasteiger partial charge in [-0.2, -0.15) is 0 Å². The van der Waals surface area contributed by atoms with Gasteiger partial charge in [0.05, 0.1) is 5.41 Å². The Morgan fingerprint density at radius 3 is 1.18 bits per heavy atom. The van der Waals surface area contributed by atoms with Crippen LogP contribution in [-0.4, -0.2) is 21.6 Å². The SMILES string of the molecule is CCn1c2ccc(SC)cc2c2cc(N(c3ccccc3)c3ccc4c(c3)C3(c5cc(N(c6ccccc6)c6ccc7c(c6)c6cc(SC)ccc6n7CC)ccc5-4)c4ccsc4-c4sccc43)ccc21. The van der Waals surface area contributed by atoms with E-state index in [-0.39, 0.29) is 0 Å². The van der Waals surface area contributed by atoms with Crippen molar-refractivity contribution in [2.75, 3.05) is 22.3 Å². The molecular formula is C63H48N4S4. The van der Waals surface area contributed by atoms with Crippen LogP contribution in [0, 0.1) is 0 Å². The maximum atomic E-state index is 2.52. The molecule has 0 atom stereocenters. The van der Waals surface area contributed by atoms with E-state index >= 15 is 0 Å². The Morgan fingerprint density at radius 1 is 0.394 bits per heavy atom. The van der Waals surface area contributed by atoms with Crippen molar-refractivity contribution in [1.82, 2.24) is 9.13 Å². The molecule has 14 rings (SSSR count). The highest BCUT2D eigenvalue weighted by molar-refractivity contribution is 7.98. The van der Waals surface area contributed by atoms with Crippen LogP contribution in [0.5, 0.6) is 0 Å². The fourth-order valence-corrected chi connectivity index (χ4v) is 15.2. The number of nitrogens with zero attached hydrogens (tertiary/aromatic N) is 4. The Bertz CT molecular complexity index is 3820. The van der Waals surface area contributed by atoms with E-state index in [1.807, 2.05) is 22.7 Å². The molecule has 0 amide bonds. The number of thioether (sulfide) groups is 2. The van der Waals surface area contributed by atoms with Crippen LogP contribution in [0.2, 0.25) is 0 Å².